The second-order valence-electron chi connectivity index (χ2n) is 8.34. The molecule has 10 heteroatoms. The summed E-state index contributed by atoms with van der Waals surface area (Å²) >= 11 is 0. The minimum atomic E-state index is -3.86. The predicted octanol–water partition coefficient (Wildman–Crippen LogP) is 1.12. The van der Waals surface area contributed by atoms with E-state index in [0.717, 1.165) is 11.3 Å². The normalized spacial score (nSPS) is 25.5. The number of nitrogens with zero attached hydrogens (tertiary/aromatic N) is 2. The number of likely N-dealkylation sites (N-methyl/N-ethyl adjacent to an activating group) is 1. The van der Waals surface area contributed by atoms with Crippen molar-refractivity contribution in [1.82, 2.24) is 20.1 Å². The number of hydrogen-bond donors (Lipinski definition) is 2. The molecule has 2 aliphatic rings. The number of sulfonamides is 1. The van der Waals surface area contributed by atoms with Gasteiger partial charge in [-0.15, -0.1) is 0 Å². The summed E-state index contributed by atoms with van der Waals surface area (Å²) in [7, 11) is -2.37. The summed E-state index contributed by atoms with van der Waals surface area (Å²) in [6, 6.07) is 7.23. The van der Waals surface area contributed by atoms with Gasteiger partial charge in [0.25, 0.3) is 0 Å². The fourth-order valence-corrected chi connectivity index (χ4v) is 6.22. The van der Waals surface area contributed by atoms with Crippen molar-refractivity contribution in [2.45, 2.75) is 44.2 Å². The number of aromatic nitrogens is 1. The van der Waals surface area contributed by atoms with Gasteiger partial charge in [-0.2, -0.15) is 4.31 Å². The zero-order valence-corrected chi connectivity index (χ0v) is 18.5. The summed E-state index contributed by atoms with van der Waals surface area (Å²) in [6.45, 7) is 4.05. The van der Waals surface area contributed by atoms with E-state index in [1.54, 1.807) is 25.1 Å². The SMILES string of the molecule is CNC(=O)[C@@H]1C[C@@]2(C[C@@H]2C(=O)NCc2c(C)noc2C)CN1S(=O)(=O)c1ccccc1. The molecule has 166 valence electrons. The number of nitrogens with one attached hydrogen (secondary N) is 2. The van der Waals surface area contributed by atoms with Crippen LogP contribution in [0.2, 0.25) is 0 Å². The van der Waals surface area contributed by atoms with Crippen LogP contribution in [-0.4, -0.2) is 49.3 Å². The van der Waals surface area contributed by atoms with E-state index in [9.17, 15) is 18.0 Å². The van der Waals surface area contributed by atoms with Gasteiger partial charge >= 0.3 is 0 Å². The molecule has 0 bridgehead atoms. The highest BCUT2D eigenvalue weighted by atomic mass is 32.2. The third-order valence-electron chi connectivity index (χ3n) is 6.44. The van der Waals surface area contributed by atoms with Crippen molar-refractivity contribution in [3.05, 3.63) is 47.3 Å². The van der Waals surface area contributed by atoms with Gasteiger partial charge < -0.3 is 15.2 Å². The molecule has 1 aromatic heterocycles. The molecule has 1 aliphatic heterocycles. The average Bonchev–Trinajstić information content (AvgIpc) is 3.17. The molecule has 1 spiro atoms. The summed E-state index contributed by atoms with van der Waals surface area (Å²) < 4.78 is 32.9. The molecule has 1 saturated carbocycles. The van der Waals surface area contributed by atoms with Crippen LogP contribution in [0.25, 0.3) is 0 Å². The number of carbonyl (C=O) groups is 2. The van der Waals surface area contributed by atoms with Crippen LogP contribution in [0.1, 0.15) is 29.9 Å². The van der Waals surface area contributed by atoms with Crippen molar-refractivity contribution in [3.8, 4) is 0 Å². The smallest absolute Gasteiger partial charge is 0.243 e. The highest BCUT2D eigenvalue weighted by Crippen LogP contribution is 2.61. The van der Waals surface area contributed by atoms with Gasteiger partial charge in [-0.1, -0.05) is 23.4 Å². The molecule has 1 aliphatic carbocycles. The van der Waals surface area contributed by atoms with Gasteiger partial charge in [0, 0.05) is 31.6 Å². The Balaban J connectivity index is 1.51. The molecule has 9 nitrogen and oxygen atoms in total. The lowest BCUT2D eigenvalue weighted by molar-refractivity contribution is -0.124. The van der Waals surface area contributed by atoms with Gasteiger partial charge in [-0.25, -0.2) is 8.42 Å². The molecule has 2 heterocycles. The van der Waals surface area contributed by atoms with Crippen LogP contribution < -0.4 is 10.6 Å². The third kappa shape index (κ3) is 3.74. The first-order chi connectivity index (χ1) is 14.7. The molecule has 1 aromatic carbocycles. The van der Waals surface area contributed by atoms with Crippen molar-refractivity contribution < 1.29 is 22.5 Å². The van der Waals surface area contributed by atoms with Gasteiger partial charge in [-0.05, 0) is 44.2 Å². The second-order valence-corrected chi connectivity index (χ2v) is 10.2. The Morgan fingerprint density at radius 2 is 1.90 bits per heavy atom. The lowest BCUT2D eigenvalue weighted by Gasteiger charge is -2.22. The van der Waals surface area contributed by atoms with Crippen LogP contribution in [0.15, 0.2) is 39.8 Å². The highest BCUT2D eigenvalue weighted by molar-refractivity contribution is 7.89. The molecule has 0 unspecified atom stereocenters. The predicted molar refractivity (Wildman–Crippen MR) is 111 cm³/mol. The topological polar surface area (TPSA) is 122 Å². The Morgan fingerprint density at radius 1 is 1.19 bits per heavy atom. The maximum absolute atomic E-state index is 13.2. The van der Waals surface area contributed by atoms with Crippen LogP contribution in [0, 0.1) is 25.2 Å². The summed E-state index contributed by atoms with van der Waals surface area (Å²) in [5, 5.41) is 9.36. The Labute approximate surface area is 181 Å². The maximum Gasteiger partial charge on any atom is 0.243 e. The first-order valence-corrected chi connectivity index (χ1v) is 11.6. The number of carbonyl (C=O) groups excluding carboxylic acids is 2. The van der Waals surface area contributed by atoms with Crippen molar-refractivity contribution in [2.24, 2.45) is 11.3 Å². The Hall–Kier alpha value is -2.72. The first-order valence-electron chi connectivity index (χ1n) is 10.2. The average molecular weight is 447 g/mol. The van der Waals surface area contributed by atoms with Crippen LogP contribution >= 0.6 is 0 Å². The van der Waals surface area contributed by atoms with E-state index in [4.69, 9.17) is 4.52 Å². The lowest BCUT2D eigenvalue weighted by Crippen LogP contribution is -2.44. The molecule has 4 rings (SSSR count). The van der Waals surface area contributed by atoms with Gasteiger partial charge in [0.1, 0.15) is 11.8 Å². The molecule has 31 heavy (non-hydrogen) atoms. The molecule has 2 fully saturated rings. The lowest BCUT2D eigenvalue weighted by atomic mass is 9.99. The van der Waals surface area contributed by atoms with Crippen LogP contribution in [0.3, 0.4) is 0 Å². The van der Waals surface area contributed by atoms with E-state index in [1.807, 2.05) is 6.92 Å². The van der Waals surface area contributed by atoms with E-state index in [1.165, 1.54) is 23.5 Å². The van der Waals surface area contributed by atoms with Crippen LogP contribution in [0.5, 0.6) is 0 Å². The van der Waals surface area contributed by atoms with E-state index in [-0.39, 0.29) is 29.2 Å². The van der Waals surface area contributed by atoms with E-state index in [0.29, 0.717) is 25.1 Å². The Bertz CT molecular complexity index is 1090. The van der Waals surface area contributed by atoms with Gasteiger partial charge in [0.05, 0.1) is 10.6 Å². The van der Waals surface area contributed by atoms with Crippen molar-refractivity contribution >= 4 is 21.8 Å². The zero-order chi connectivity index (χ0) is 22.4. The molecule has 2 aromatic rings. The summed E-state index contributed by atoms with van der Waals surface area (Å²) in [6.07, 6.45) is 0.872. The quantitative estimate of drug-likeness (QED) is 0.686. The number of rotatable bonds is 6. The molecule has 0 radical (unpaired) electrons. The first kappa shape index (κ1) is 21.5. The van der Waals surface area contributed by atoms with E-state index < -0.39 is 21.5 Å². The third-order valence-corrected chi connectivity index (χ3v) is 8.31. The van der Waals surface area contributed by atoms with E-state index in [2.05, 4.69) is 15.8 Å². The van der Waals surface area contributed by atoms with Gasteiger partial charge in [0.15, 0.2) is 0 Å². The molecular formula is C21H26N4O5S. The largest absolute Gasteiger partial charge is 0.361 e. The number of hydrogen-bond acceptors (Lipinski definition) is 6. The summed E-state index contributed by atoms with van der Waals surface area (Å²) in [5.74, 6) is -0.187. The fraction of sp³-hybridized carbons (Fsp3) is 0.476. The van der Waals surface area contributed by atoms with Crippen LogP contribution in [0.4, 0.5) is 0 Å². The molecular weight excluding hydrogens is 420 g/mol. The number of amides is 2. The molecule has 1 saturated heterocycles. The zero-order valence-electron chi connectivity index (χ0n) is 17.7. The van der Waals surface area contributed by atoms with Crippen molar-refractivity contribution in [3.63, 3.8) is 0 Å². The second kappa shape index (κ2) is 7.76. The monoisotopic (exact) mass is 446 g/mol. The Morgan fingerprint density at radius 3 is 2.52 bits per heavy atom. The maximum atomic E-state index is 13.2. The van der Waals surface area contributed by atoms with Gasteiger partial charge in [-0.3, -0.25) is 9.59 Å². The van der Waals surface area contributed by atoms with Crippen molar-refractivity contribution in [1.29, 1.82) is 0 Å². The fourth-order valence-electron chi connectivity index (χ4n) is 4.51. The minimum Gasteiger partial charge on any atom is -0.361 e. The molecule has 2 amide bonds. The Kier molecular flexibility index (Phi) is 5.38. The minimum absolute atomic E-state index is 0.140. The summed E-state index contributed by atoms with van der Waals surface area (Å²) in [4.78, 5) is 25.5. The van der Waals surface area contributed by atoms with E-state index >= 15 is 0 Å². The van der Waals surface area contributed by atoms with Crippen LogP contribution in [-0.2, 0) is 26.2 Å². The summed E-state index contributed by atoms with van der Waals surface area (Å²) in [5.41, 5.74) is 1.04. The standard InChI is InChI=1S/C21H26N4O5S/c1-13-16(14(2)30-24-13)11-23-19(26)17-9-21(17)10-18(20(27)22-3)25(12-21)31(28,29)15-7-5-4-6-8-15/h4-8,17-18H,9-12H2,1-3H3,(H,22,27)(H,23,26)/t17-,18+,21+/m1/s1. The molecule has 3 atom stereocenters. The highest BCUT2D eigenvalue weighted by Gasteiger charge is 2.66. The van der Waals surface area contributed by atoms with Gasteiger partial charge in [0.2, 0.25) is 21.8 Å². The number of benzene rings is 1. The van der Waals surface area contributed by atoms with Crippen molar-refractivity contribution in [2.75, 3.05) is 13.6 Å². The molecule has 2 N–H and O–H groups in total. The number of aryl methyl sites for hydroxylation is 2.